The molecule has 242 valence electrons. The minimum Gasteiger partial charge on any atom is -0.495 e. The summed E-state index contributed by atoms with van der Waals surface area (Å²) in [5, 5.41) is 6.83. The molecule has 2 N–H and O–H groups in total. The number of methoxy groups -OCH3 is 1. The first kappa shape index (κ1) is 32.6. The summed E-state index contributed by atoms with van der Waals surface area (Å²) in [5.41, 5.74) is 0.969. The molecular weight excluding hydrogens is 638 g/mol. The molecule has 2 aliphatic rings. The van der Waals surface area contributed by atoms with E-state index in [1.54, 1.807) is 12.1 Å². The number of sulfone groups is 1. The first-order valence-corrected chi connectivity index (χ1v) is 16.8. The highest BCUT2D eigenvalue weighted by Gasteiger charge is 2.32. The van der Waals surface area contributed by atoms with E-state index < -0.39 is 39.3 Å². The van der Waals surface area contributed by atoms with Crippen LogP contribution in [0.15, 0.2) is 35.2 Å². The van der Waals surface area contributed by atoms with Crippen LogP contribution in [0.5, 0.6) is 5.75 Å². The number of rotatable bonds is 9. The lowest BCUT2D eigenvalue weighted by Crippen LogP contribution is -2.43. The van der Waals surface area contributed by atoms with Gasteiger partial charge in [-0.1, -0.05) is 24.0 Å². The average molecular weight is 670 g/mol. The van der Waals surface area contributed by atoms with Gasteiger partial charge in [-0.3, -0.25) is 4.90 Å². The Morgan fingerprint density at radius 1 is 1.18 bits per heavy atom. The third-order valence-electron chi connectivity index (χ3n) is 7.48. The first-order chi connectivity index (χ1) is 21.3. The number of hydrogen-bond acceptors (Lipinski definition) is 10. The molecule has 5 rings (SSSR count). The van der Waals surface area contributed by atoms with Crippen LogP contribution >= 0.6 is 11.3 Å². The molecule has 2 fully saturated rings. The van der Waals surface area contributed by atoms with E-state index in [9.17, 15) is 30.8 Å². The monoisotopic (exact) mass is 669 g/mol. The van der Waals surface area contributed by atoms with Gasteiger partial charge in [0.15, 0.2) is 15.9 Å². The molecule has 45 heavy (non-hydrogen) atoms. The highest BCUT2D eigenvalue weighted by Crippen LogP contribution is 2.39. The number of nitrogens with one attached hydrogen (secondary N) is 2. The SMILES string of the molecule is COc1cc(S(C)(=O)=O)c(F)cc1NCC#Cc1sc2c(NC3CCN(CC4COC(=O)O4)CC3)cccc2c1CC(F)(F)F. The van der Waals surface area contributed by atoms with Crippen LogP contribution in [0.25, 0.3) is 10.1 Å². The number of alkyl halides is 3. The topological polar surface area (TPSA) is 106 Å². The number of cyclic esters (lactones) is 2. The zero-order valence-corrected chi connectivity index (χ0v) is 26.1. The summed E-state index contributed by atoms with van der Waals surface area (Å²) in [4.78, 5) is 13.1. The number of nitrogens with zero attached hydrogens (tertiary/aromatic N) is 1. The fourth-order valence-electron chi connectivity index (χ4n) is 5.37. The Hall–Kier alpha value is -3.74. The van der Waals surface area contributed by atoms with Gasteiger partial charge in [-0.25, -0.2) is 17.6 Å². The van der Waals surface area contributed by atoms with Gasteiger partial charge in [0.25, 0.3) is 0 Å². The summed E-state index contributed by atoms with van der Waals surface area (Å²) in [6, 6.07) is 7.37. The molecule has 0 amide bonds. The van der Waals surface area contributed by atoms with Gasteiger partial charge in [-0.15, -0.1) is 11.3 Å². The number of fused-ring (bicyclic) bond motifs is 1. The molecule has 2 aliphatic heterocycles. The Morgan fingerprint density at radius 3 is 2.58 bits per heavy atom. The molecular formula is C30H31F4N3O6S2. The van der Waals surface area contributed by atoms with Crippen molar-refractivity contribution in [1.82, 2.24) is 4.90 Å². The zero-order valence-electron chi connectivity index (χ0n) is 24.4. The number of hydrogen-bond donors (Lipinski definition) is 2. The number of thiophene rings is 1. The third-order valence-corrected chi connectivity index (χ3v) is 9.79. The quantitative estimate of drug-likeness (QED) is 0.175. The molecule has 0 saturated carbocycles. The Balaban J connectivity index is 1.32. The summed E-state index contributed by atoms with van der Waals surface area (Å²) in [7, 11) is -2.52. The van der Waals surface area contributed by atoms with E-state index >= 15 is 0 Å². The molecule has 0 bridgehead atoms. The van der Waals surface area contributed by atoms with Crippen molar-refractivity contribution in [1.29, 1.82) is 0 Å². The number of likely N-dealkylation sites (tertiary alicyclic amines) is 1. The van der Waals surface area contributed by atoms with Crippen LogP contribution in [0.1, 0.15) is 23.3 Å². The summed E-state index contributed by atoms with van der Waals surface area (Å²) in [6.45, 7) is 2.29. The third kappa shape index (κ3) is 8.11. The molecule has 1 atom stereocenters. The second kappa shape index (κ2) is 13.3. The highest BCUT2D eigenvalue weighted by atomic mass is 32.2. The van der Waals surface area contributed by atoms with Gasteiger partial charge in [-0.2, -0.15) is 13.2 Å². The van der Waals surface area contributed by atoms with Crippen molar-refractivity contribution >= 4 is 48.8 Å². The molecule has 0 spiro atoms. The fraction of sp³-hybridized carbons (Fsp3) is 0.433. The number of piperidine rings is 1. The lowest BCUT2D eigenvalue weighted by atomic mass is 10.0. The number of carbonyl (C=O) groups is 1. The van der Waals surface area contributed by atoms with E-state index in [4.69, 9.17) is 14.2 Å². The lowest BCUT2D eigenvalue weighted by molar-refractivity contribution is -0.126. The fourth-order valence-corrected chi connectivity index (χ4v) is 7.28. The number of anilines is 2. The minimum absolute atomic E-state index is 0.0659. The van der Waals surface area contributed by atoms with Crippen molar-refractivity contribution in [2.75, 3.05) is 56.8 Å². The van der Waals surface area contributed by atoms with Crippen LogP contribution in [0.4, 0.5) is 33.7 Å². The lowest BCUT2D eigenvalue weighted by Gasteiger charge is -2.33. The maximum absolute atomic E-state index is 14.4. The van der Waals surface area contributed by atoms with E-state index in [0.717, 1.165) is 50.0 Å². The molecule has 0 radical (unpaired) electrons. The van der Waals surface area contributed by atoms with Gasteiger partial charge in [0.05, 0.1) is 41.0 Å². The number of benzene rings is 2. The van der Waals surface area contributed by atoms with Gasteiger partial charge in [0.1, 0.15) is 23.1 Å². The van der Waals surface area contributed by atoms with Crippen LogP contribution in [-0.2, 0) is 25.7 Å². The van der Waals surface area contributed by atoms with Crippen LogP contribution in [0.2, 0.25) is 0 Å². The van der Waals surface area contributed by atoms with Crippen molar-refractivity contribution in [2.45, 2.75) is 42.5 Å². The Morgan fingerprint density at radius 2 is 1.93 bits per heavy atom. The van der Waals surface area contributed by atoms with Gasteiger partial charge in [-0.05, 0) is 29.9 Å². The predicted octanol–water partition coefficient (Wildman–Crippen LogP) is 5.43. The zero-order chi connectivity index (χ0) is 32.4. The molecule has 2 saturated heterocycles. The van der Waals surface area contributed by atoms with Gasteiger partial charge in [0.2, 0.25) is 0 Å². The number of halogens is 4. The highest BCUT2D eigenvalue weighted by molar-refractivity contribution is 7.90. The average Bonchev–Trinajstić information content (AvgIpc) is 3.53. The molecule has 3 heterocycles. The van der Waals surface area contributed by atoms with Crippen LogP contribution in [0.3, 0.4) is 0 Å². The molecule has 1 aromatic heterocycles. The maximum atomic E-state index is 14.4. The van der Waals surface area contributed by atoms with E-state index in [1.807, 2.05) is 6.07 Å². The van der Waals surface area contributed by atoms with Crippen molar-refractivity contribution in [2.24, 2.45) is 0 Å². The molecule has 3 aromatic rings. The standard InChI is InChI=1S/C30H31F4N3O6S2/c1-41-25-14-27(45(2,39)40)22(31)13-24(25)35-10-4-7-26-21(15-30(32,33)34)20-5-3-6-23(28(20)44-26)36-18-8-11-37(12-9-18)16-19-17-42-29(38)43-19/h3,5-6,13-14,18-19,35-36H,8-12,15-17H2,1-2H3. The second-order valence-electron chi connectivity index (χ2n) is 10.8. The Kier molecular flexibility index (Phi) is 9.66. The predicted molar refractivity (Wildman–Crippen MR) is 162 cm³/mol. The molecule has 0 aliphatic carbocycles. The number of ether oxygens (including phenoxy) is 3. The maximum Gasteiger partial charge on any atom is 0.508 e. The molecule has 9 nitrogen and oxygen atoms in total. The van der Waals surface area contributed by atoms with Crippen LogP contribution < -0.4 is 15.4 Å². The van der Waals surface area contributed by atoms with E-state index in [0.29, 0.717) is 16.6 Å². The van der Waals surface area contributed by atoms with Crippen molar-refractivity contribution in [3.63, 3.8) is 0 Å². The number of carbonyl (C=O) groups excluding carboxylic acids is 1. The van der Waals surface area contributed by atoms with Gasteiger partial charge >= 0.3 is 12.3 Å². The first-order valence-electron chi connectivity index (χ1n) is 14.0. The smallest absolute Gasteiger partial charge is 0.495 e. The van der Waals surface area contributed by atoms with E-state index in [2.05, 4.69) is 27.4 Å². The van der Waals surface area contributed by atoms with Crippen molar-refractivity contribution in [3.8, 4) is 17.6 Å². The molecule has 15 heteroatoms. The largest absolute Gasteiger partial charge is 0.508 e. The van der Waals surface area contributed by atoms with Gasteiger partial charge in [0, 0.05) is 44.1 Å². The van der Waals surface area contributed by atoms with E-state index in [1.165, 1.54) is 18.4 Å². The summed E-state index contributed by atoms with van der Waals surface area (Å²) in [5.74, 6) is 4.78. The van der Waals surface area contributed by atoms with Crippen LogP contribution in [0, 0.1) is 17.7 Å². The summed E-state index contributed by atoms with van der Waals surface area (Å²) >= 11 is 1.17. The molecule has 2 aromatic carbocycles. The van der Waals surface area contributed by atoms with Crippen molar-refractivity contribution in [3.05, 3.63) is 46.6 Å². The molecule has 1 unspecified atom stereocenters. The van der Waals surface area contributed by atoms with Crippen LogP contribution in [-0.4, -0.2) is 83.9 Å². The summed E-state index contributed by atoms with van der Waals surface area (Å²) in [6.07, 6.45) is -4.06. The Labute approximate surface area is 261 Å². The Bertz CT molecular complexity index is 1740. The van der Waals surface area contributed by atoms with E-state index in [-0.39, 0.29) is 47.2 Å². The minimum atomic E-state index is -4.45. The normalized spacial score (nSPS) is 17.8. The summed E-state index contributed by atoms with van der Waals surface area (Å²) < 4.78 is 94.9. The van der Waals surface area contributed by atoms with Crippen molar-refractivity contribution < 1.29 is 45.0 Å². The second-order valence-corrected chi connectivity index (χ2v) is 13.8. The van der Waals surface area contributed by atoms with Gasteiger partial charge < -0.3 is 24.8 Å².